The van der Waals surface area contributed by atoms with Gasteiger partial charge in [-0.15, -0.1) is 0 Å². The van der Waals surface area contributed by atoms with E-state index in [-0.39, 0.29) is 5.91 Å². The predicted molar refractivity (Wildman–Crippen MR) is 70.4 cm³/mol. The number of carbonyl (C=O) groups is 1. The van der Waals surface area contributed by atoms with E-state index < -0.39 is 0 Å². The van der Waals surface area contributed by atoms with Gasteiger partial charge in [0.05, 0.1) is 11.9 Å². The lowest BCUT2D eigenvalue weighted by Crippen LogP contribution is -2.13. The van der Waals surface area contributed by atoms with E-state index in [9.17, 15) is 4.79 Å². The molecule has 2 rings (SSSR count). The Morgan fingerprint density at radius 3 is 3.00 bits per heavy atom. The number of hydrogen-bond acceptors (Lipinski definition) is 2. The fourth-order valence-corrected chi connectivity index (χ4v) is 1.87. The van der Waals surface area contributed by atoms with Gasteiger partial charge in [0.2, 0.25) is 0 Å². The first kappa shape index (κ1) is 11.1. The van der Waals surface area contributed by atoms with Gasteiger partial charge in [0.1, 0.15) is 0 Å². The van der Waals surface area contributed by atoms with Crippen molar-refractivity contribution in [1.29, 1.82) is 0 Å². The second-order valence-electron chi connectivity index (χ2n) is 3.35. The molecule has 0 bridgehead atoms. The number of anilines is 1. The minimum atomic E-state index is -0.114. The molecule has 0 aliphatic carbocycles. The molecule has 0 fully saturated rings. The summed E-state index contributed by atoms with van der Waals surface area (Å²) in [6.45, 7) is 1.94. The van der Waals surface area contributed by atoms with Crippen LogP contribution in [-0.4, -0.2) is 16.1 Å². The van der Waals surface area contributed by atoms with Crippen LogP contribution >= 0.6 is 22.6 Å². The van der Waals surface area contributed by atoms with Gasteiger partial charge in [-0.05, 0) is 47.2 Å². The summed E-state index contributed by atoms with van der Waals surface area (Å²) in [5.74, 6) is -0.114. The summed E-state index contributed by atoms with van der Waals surface area (Å²) < 4.78 is 1.08. The van der Waals surface area contributed by atoms with E-state index in [4.69, 9.17) is 0 Å². The molecule has 82 valence electrons. The van der Waals surface area contributed by atoms with E-state index in [0.717, 1.165) is 9.13 Å². The zero-order valence-electron chi connectivity index (χ0n) is 8.62. The van der Waals surface area contributed by atoms with Gasteiger partial charge in [-0.1, -0.05) is 6.07 Å². The van der Waals surface area contributed by atoms with Crippen molar-refractivity contribution in [3.8, 4) is 0 Å². The number of rotatable bonds is 2. The van der Waals surface area contributed by atoms with Crippen molar-refractivity contribution in [3.63, 3.8) is 0 Å². The predicted octanol–water partition coefficient (Wildman–Crippen LogP) is 2.58. The number of H-pyrrole nitrogens is 1. The van der Waals surface area contributed by atoms with Gasteiger partial charge in [0.25, 0.3) is 5.91 Å². The summed E-state index contributed by atoms with van der Waals surface area (Å²) in [6, 6.07) is 5.66. The average Bonchev–Trinajstić information content (AvgIpc) is 2.74. The summed E-state index contributed by atoms with van der Waals surface area (Å²) in [6.07, 6.45) is 3.21. The molecule has 1 aromatic carbocycles. The molecule has 1 aromatic heterocycles. The number of nitrogens with one attached hydrogen (secondary N) is 2. The van der Waals surface area contributed by atoms with Crippen LogP contribution in [-0.2, 0) is 0 Å². The van der Waals surface area contributed by atoms with Crippen molar-refractivity contribution < 1.29 is 4.79 Å². The fraction of sp³-hybridized carbons (Fsp3) is 0.0909. The fourth-order valence-electron chi connectivity index (χ4n) is 1.37. The van der Waals surface area contributed by atoms with Crippen molar-refractivity contribution in [1.82, 2.24) is 10.2 Å². The van der Waals surface area contributed by atoms with Crippen LogP contribution in [0.15, 0.2) is 30.6 Å². The number of nitrogens with zero attached hydrogens (tertiary/aromatic N) is 1. The molecule has 0 saturated carbocycles. The lowest BCUT2D eigenvalue weighted by Gasteiger charge is -2.06. The zero-order chi connectivity index (χ0) is 11.5. The number of halogens is 1. The van der Waals surface area contributed by atoms with E-state index in [0.29, 0.717) is 11.3 Å². The maximum absolute atomic E-state index is 11.9. The molecule has 16 heavy (non-hydrogen) atoms. The number of carbonyl (C=O) groups excluding carboxylic acids is 1. The lowest BCUT2D eigenvalue weighted by molar-refractivity contribution is 0.102. The highest BCUT2D eigenvalue weighted by molar-refractivity contribution is 14.1. The quantitative estimate of drug-likeness (QED) is 0.833. The van der Waals surface area contributed by atoms with Gasteiger partial charge in [0, 0.05) is 15.3 Å². The maximum atomic E-state index is 11.9. The normalized spacial score (nSPS) is 10.1. The highest BCUT2D eigenvalue weighted by atomic mass is 127. The summed E-state index contributed by atoms with van der Waals surface area (Å²) in [5.41, 5.74) is 2.35. The standard InChI is InChI=1S/C11H10IN3O/c1-7-9(3-2-4-10(7)12)11(16)15-8-5-13-14-6-8/h2-6H,1H3,(H,13,14)(H,15,16). The van der Waals surface area contributed by atoms with E-state index in [2.05, 4.69) is 38.1 Å². The smallest absolute Gasteiger partial charge is 0.256 e. The molecule has 0 saturated heterocycles. The monoisotopic (exact) mass is 327 g/mol. The Balaban J connectivity index is 2.24. The van der Waals surface area contributed by atoms with Gasteiger partial charge in [0.15, 0.2) is 0 Å². The number of amides is 1. The maximum Gasteiger partial charge on any atom is 0.256 e. The minimum Gasteiger partial charge on any atom is -0.319 e. The van der Waals surface area contributed by atoms with Crippen LogP contribution in [0.1, 0.15) is 15.9 Å². The number of aromatic nitrogens is 2. The number of aromatic amines is 1. The third-order valence-electron chi connectivity index (χ3n) is 2.27. The third-order valence-corrected chi connectivity index (χ3v) is 3.44. The lowest BCUT2D eigenvalue weighted by atomic mass is 10.1. The molecule has 0 aliphatic rings. The minimum absolute atomic E-state index is 0.114. The molecule has 4 nitrogen and oxygen atoms in total. The highest BCUT2D eigenvalue weighted by Crippen LogP contribution is 2.17. The van der Waals surface area contributed by atoms with Crippen LogP contribution in [0.25, 0.3) is 0 Å². The third kappa shape index (κ3) is 2.24. The highest BCUT2D eigenvalue weighted by Gasteiger charge is 2.10. The largest absolute Gasteiger partial charge is 0.319 e. The second-order valence-corrected chi connectivity index (χ2v) is 4.52. The number of benzene rings is 1. The summed E-state index contributed by atoms with van der Waals surface area (Å²) in [7, 11) is 0. The molecule has 1 heterocycles. The molecule has 0 radical (unpaired) electrons. The Labute approximate surface area is 107 Å². The number of hydrogen-bond donors (Lipinski definition) is 2. The first-order valence-corrected chi connectivity index (χ1v) is 5.81. The molecular formula is C11H10IN3O. The molecule has 2 N–H and O–H groups in total. The molecule has 0 spiro atoms. The van der Waals surface area contributed by atoms with E-state index in [1.54, 1.807) is 12.4 Å². The van der Waals surface area contributed by atoms with Crippen LogP contribution < -0.4 is 5.32 Å². The molecule has 2 aromatic rings. The van der Waals surface area contributed by atoms with Crippen LogP contribution in [0.5, 0.6) is 0 Å². The summed E-state index contributed by atoms with van der Waals surface area (Å²) >= 11 is 2.21. The van der Waals surface area contributed by atoms with Gasteiger partial charge in [-0.2, -0.15) is 5.10 Å². The van der Waals surface area contributed by atoms with Crippen LogP contribution in [0.2, 0.25) is 0 Å². The molecule has 0 aliphatic heterocycles. The van der Waals surface area contributed by atoms with Gasteiger partial charge in [-0.3, -0.25) is 9.89 Å². The van der Waals surface area contributed by atoms with Gasteiger partial charge >= 0.3 is 0 Å². The van der Waals surface area contributed by atoms with Crippen LogP contribution in [0.3, 0.4) is 0 Å². The van der Waals surface area contributed by atoms with Crippen molar-refractivity contribution in [2.24, 2.45) is 0 Å². The Morgan fingerprint density at radius 1 is 1.50 bits per heavy atom. The van der Waals surface area contributed by atoms with E-state index >= 15 is 0 Å². The average molecular weight is 327 g/mol. The molecular weight excluding hydrogens is 317 g/mol. The van der Waals surface area contributed by atoms with Crippen LogP contribution in [0.4, 0.5) is 5.69 Å². The van der Waals surface area contributed by atoms with E-state index in [1.165, 1.54) is 0 Å². The van der Waals surface area contributed by atoms with Crippen LogP contribution in [0, 0.1) is 10.5 Å². The second kappa shape index (κ2) is 4.65. The Hall–Kier alpha value is -1.37. The summed E-state index contributed by atoms with van der Waals surface area (Å²) in [4.78, 5) is 11.9. The Bertz CT molecular complexity index is 508. The zero-order valence-corrected chi connectivity index (χ0v) is 10.8. The molecule has 0 unspecified atom stereocenters. The van der Waals surface area contributed by atoms with Gasteiger partial charge < -0.3 is 5.32 Å². The topological polar surface area (TPSA) is 57.8 Å². The van der Waals surface area contributed by atoms with Crippen molar-refractivity contribution >= 4 is 34.2 Å². The molecule has 5 heteroatoms. The first-order chi connectivity index (χ1) is 7.68. The van der Waals surface area contributed by atoms with Gasteiger partial charge in [-0.25, -0.2) is 0 Å². The SMILES string of the molecule is Cc1c(I)cccc1C(=O)Nc1cn[nH]c1. The Kier molecular flexibility index (Phi) is 3.23. The summed E-state index contributed by atoms with van der Waals surface area (Å²) in [5, 5.41) is 9.18. The molecule has 1 amide bonds. The van der Waals surface area contributed by atoms with Crippen molar-refractivity contribution in [3.05, 3.63) is 45.3 Å². The van der Waals surface area contributed by atoms with E-state index in [1.807, 2.05) is 25.1 Å². The van der Waals surface area contributed by atoms with Crippen molar-refractivity contribution in [2.75, 3.05) is 5.32 Å². The first-order valence-electron chi connectivity index (χ1n) is 4.73. The molecule has 0 atom stereocenters. The van der Waals surface area contributed by atoms with Crippen molar-refractivity contribution in [2.45, 2.75) is 6.92 Å². The Morgan fingerprint density at radius 2 is 2.31 bits per heavy atom.